The molecular formula is C20H15N5O2S. The predicted octanol–water partition coefficient (Wildman–Crippen LogP) is 3.31. The monoisotopic (exact) mass is 389 g/mol. The maximum absolute atomic E-state index is 12.6. The normalized spacial score (nSPS) is 10.6. The van der Waals surface area contributed by atoms with Crippen LogP contribution in [0, 0.1) is 6.92 Å². The third-order valence-electron chi connectivity index (χ3n) is 4.01. The first-order chi connectivity index (χ1) is 13.6. The zero-order valence-electron chi connectivity index (χ0n) is 14.9. The number of carbonyl (C=O) groups is 1. The summed E-state index contributed by atoms with van der Waals surface area (Å²) in [5.41, 5.74) is 2.33. The molecule has 7 nitrogen and oxygen atoms in total. The lowest BCUT2D eigenvalue weighted by molar-refractivity contribution is 0.101. The summed E-state index contributed by atoms with van der Waals surface area (Å²) in [6.07, 6.45) is 3.38. The summed E-state index contributed by atoms with van der Waals surface area (Å²) in [5.74, 6) is -0.596. The molecule has 0 saturated heterocycles. The van der Waals surface area contributed by atoms with Crippen molar-refractivity contribution in [2.75, 3.05) is 5.32 Å². The van der Waals surface area contributed by atoms with Crippen molar-refractivity contribution in [3.63, 3.8) is 0 Å². The van der Waals surface area contributed by atoms with Crippen molar-refractivity contribution >= 4 is 22.4 Å². The minimum absolute atomic E-state index is 0.187. The number of benzene rings is 1. The summed E-state index contributed by atoms with van der Waals surface area (Å²) in [4.78, 5) is 33.4. The van der Waals surface area contributed by atoms with E-state index in [0.29, 0.717) is 16.5 Å². The molecule has 0 aliphatic rings. The van der Waals surface area contributed by atoms with Gasteiger partial charge in [-0.1, -0.05) is 18.2 Å². The van der Waals surface area contributed by atoms with Gasteiger partial charge in [-0.05, 0) is 31.2 Å². The SMILES string of the molecule is Cc1cc(=O)c(C(=O)Nc2nc(-c3cccnc3)cs2)nn1-c1ccccc1. The minimum Gasteiger partial charge on any atom is -0.296 e. The molecule has 1 aromatic carbocycles. The highest BCUT2D eigenvalue weighted by atomic mass is 32.1. The number of rotatable bonds is 4. The smallest absolute Gasteiger partial charge is 0.281 e. The second-order valence-corrected chi connectivity index (χ2v) is 6.84. The second-order valence-electron chi connectivity index (χ2n) is 5.98. The van der Waals surface area contributed by atoms with Gasteiger partial charge in [0.1, 0.15) is 0 Å². The highest BCUT2D eigenvalue weighted by molar-refractivity contribution is 7.14. The number of anilines is 1. The molecule has 4 aromatic rings. The topological polar surface area (TPSA) is 89.8 Å². The molecule has 4 rings (SSSR count). The highest BCUT2D eigenvalue weighted by Crippen LogP contribution is 2.24. The Kier molecular flexibility index (Phi) is 4.77. The fourth-order valence-corrected chi connectivity index (χ4v) is 3.38. The zero-order chi connectivity index (χ0) is 19.5. The number of para-hydroxylation sites is 1. The number of carbonyl (C=O) groups excluding carboxylic acids is 1. The number of aromatic nitrogens is 4. The van der Waals surface area contributed by atoms with E-state index in [4.69, 9.17) is 0 Å². The molecule has 1 N–H and O–H groups in total. The number of hydrogen-bond donors (Lipinski definition) is 1. The Morgan fingerprint density at radius 1 is 1.14 bits per heavy atom. The first-order valence-corrected chi connectivity index (χ1v) is 9.33. The van der Waals surface area contributed by atoms with Crippen molar-refractivity contribution in [3.8, 4) is 16.9 Å². The number of thiazole rings is 1. The van der Waals surface area contributed by atoms with Crippen molar-refractivity contribution in [1.29, 1.82) is 0 Å². The van der Waals surface area contributed by atoms with Crippen LogP contribution < -0.4 is 10.7 Å². The number of pyridine rings is 1. The van der Waals surface area contributed by atoms with E-state index in [1.54, 1.807) is 24.0 Å². The molecule has 3 heterocycles. The molecule has 0 aliphatic carbocycles. The molecule has 138 valence electrons. The summed E-state index contributed by atoms with van der Waals surface area (Å²) in [6, 6.07) is 14.4. The zero-order valence-corrected chi connectivity index (χ0v) is 15.7. The summed E-state index contributed by atoms with van der Waals surface area (Å²) in [5, 5.41) is 9.12. The van der Waals surface area contributed by atoms with E-state index in [2.05, 4.69) is 20.4 Å². The van der Waals surface area contributed by atoms with Gasteiger partial charge >= 0.3 is 0 Å². The second kappa shape index (κ2) is 7.53. The van der Waals surface area contributed by atoms with E-state index >= 15 is 0 Å². The molecule has 28 heavy (non-hydrogen) atoms. The van der Waals surface area contributed by atoms with E-state index in [1.165, 1.54) is 17.4 Å². The van der Waals surface area contributed by atoms with Crippen LogP contribution >= 0.6 is 11.3 Å². The van der Waals surface area contributed by atoms with Gasteiger partial charge in [0.05, 0.1) is 11.4 Å². The van der Waals surface area contributed by atoms with Gasteiger partial charge in [-0.3, -0.25) is 19.9 Å². The molecule has 0 atom stereocenters. The van der Waals surface area contributed by atoms with Gasteiger partial charge < -0.3 is 0 Å². The molecule has 0 bridgehead atoms. The van der Waals surface area contributed by atoms with Crippen LogP contribution in [-0.2, 0) is 0 Å². The van der Waals surface area contributed by atoms with Gasteiger partial charge in [0.25, 0.3) is 5.91 Å². The van der Waals surface area contributed by atoms with Gasteiger partial charge in [-0.2, -0.15) is 5.10 Å². The fourth-order valence-electron chi connectivity index (χ4n) is 2.67. The standard InChI is InChI=1S/C20H15N5O2S/c1-13-10-17(26)18(24-25(13)15-7-3-2-4-8-15)19(27)23-20-22-16(12-28-20)14-6-5-9-21-11-14/h2-12H,1H3,(H,22,23,27). The molecule has 0 unspecified atom stereocenters. The van der Waals surface area contributed by atoms with Crippen LogP contribution in [-0.4, -0.2) is 25.7 Å². The first kappa shape index (κ1) is 17.7. The average molecular weight is 389 g/mol. The Hall–Kier alpha value is -3.65. The van der Waals surface area contributed by atoms with Crippen LogP contribution in [0.3, 0.4) is 0 Å². The van der Waals surface area contributed by atoms with Crippen LogP contribution in [0.2, 0.25) is 0 Å². The molecule has 0 aliphatic heterocycles. The number of hydrogen-bond acceptors (Lipinski definition) is 6. The van der Waals surface area contributed by atoms with E-state index in [-0.39, 0.29) is 5.69 Å². The van der Waals surface area contributed by atoms with Crippen molar-refractivity contribution in [3.05, 3.63) is 87.9 Å². The third-order valence-corrected chi connectivity index (χ3v) is 4.76. The lowest BCUT2D eigenvalue weighted by Crippen LogP contribution is -2.26. The maximum Gasteiger partial charge on any atom is 0.281 e. The Morgan fingerprint density at radius 2 is 1.96 bits per heavy atom. The number of nitrogens with zero attached hydrogens (tertiary/aromatic N) is 4. The van der Waals surface area contributed by atoms with Gasteiger partial charge in [0.2, 0.25) is 5.43 Å². The van der Waals surface area contributed by atoms with Gasteiger partial charge in [-0.15, -0.1) is 11.3 Å². The van der Waals surface area contributed by atoms with E-state index in [1.807, 2.05) is 47.8 Å². The Bertz CT molecular complexity index is 1190. The molecule has 3 aromatic heterocycles. The van der Waals surface area contributed by atoms with E-state index in [9.17, 15) is 9.59 Å². The third kappa shape index (κ3) is 3.58. The lowest BCUT2D eigenvalue weighted by atomic mass is 10.2. The van der Waals surface area contributed by atoms with E-state index < -0.39 is 11.3 Å². The Morgan fingerprint density at radius 3 is 2.71 bits per heavy atom. The molecule has 0 spiro atoms. The van der Waals surface area contributed by atoms with Crippen molar-refractivity contribution in [2.24, 2.45) is 0 Å². The predicted molar refractivity (Wildman–Crippen MR) is 108 cm³/mol. The van der Waals surface area contributed by atoms with Gasteiger partial charge in [0.15, 0.2) is 10.8 Å². The van der Waals surface area contributed by atoms with E-state index in [0.717, 1.165) is 11.3 Å². The Labute approximate surface area is 164 Å². The van der Waals surface area contributed by atoms with Crippen LogP contribution in [0.25, 0.3) is 16.9 Å². The minimum atomic E-state index is -0.596. The quantitative estimate of drug-likeness (QED) is 0.578. The van der Waals surface area contributed by atoms with Crippen molar-refractivity contribution in [2.45, 2.75) is 6.92 Å². The van der Waals surface area contributed by atoms with Crippen LogP contribution in [0.15, 0.2) is 71.1 Å². The molecule has 0 radical (unpaired) electrons. The van der Waals surface area contributed by atoms with Crippen LogP contribution in [0.1, 0.15) is 16.2 Å². The summed E-state index contributed by atoms with van der Waals surface area (Å²) in [6.45, 7) is 1.77. The van der Waals surface area contributed by atoms with Crippen molar-refractivity contribution in [1.82, 2.24) is 19.7 Å². The van der Waals surface area contributed by atoms with Crippen LogP contribution in [0.4, 0.5) is 5.13 Å². The number of nitrogens with one attached hydrogen (secondary N) is 1. The summed E-state index contributed by atoms with van der Waals surface area (Å²) < 4.78 is 1.57. The molecular weight excluding hydrogens is 374 g/mol. The molecule has 0 fully saturated rings. The summed E-state index contributed by atoms with van der Waals surface area (Å²) in [7, 11) is 0. The Balaban J connectivity index is 1.62. The summed E-state index contributed by atoms with van der Waals surface area (Å²) >= 11 is 1.27. The average Bonchev–Trinajstić information content (AvgIpc) is 3.18. The van der Waals surface area contributed by atoms with Crippen LogP contribution in [0.5, 0.6) is 0 Å². The van der Waals surface area contributed by atoms with Gasteiger partial charge in [0, 0.05) is 35.1 Å². The van der Waals surface area contributed by atoms with Gasteiger partial charge in [-0.25, -0.2) is 9.67 Å². The highest BCUT2D eigenvalue weighted by Gasteiger charge is 2.17. The number of aryl methyl sites for hydroxylation is 1. The molecule has 0 saturated carbocycles. The molecule has 8 heteroatoms. The van der Waals surface area contributed by atoms with Crippen molar-refractivity contribution < 1.29 is 4.79 Å². The fraction of sp³-hybridized carbons (Fsp3) is 0.0500. The number of amides is 1. The molecule has 1 amide bonds. The lowest BCUT2D eigenvalue weighted by Gasteiger charge is -2.10. The largest absolute Gasteiger partial charge is 0.296 e. The first-order valence-electron chi connectivity index (χ1n) is 8.45. The maximum atomic E-state index is 12.6.